The van der Waals surface area contributed by atoms with Crippen LogP contribution in [0.2, 0.25) is 0 Å². The Morgan fingerprint density at radius 3 is 2.42 bits per heavy atom. The maximum atomic E-state index is 5.99. The van der Waals surface area contributed by atoms with Crippen LogP contribution in [-0.2, 0) is 6.61 Å². The number of fused-ring (bicyclic) bond motifs is 1. The van der Waals surface area contributed by atoms with Gasteiger partial charge in [0.2, 0.25) is 0 Å². The molecule has 0 unspecified atom stereocenters. The Morgan fingerprint density at radius 2 is 1.53 bits per heavy atom. The van der Waals surface area contributed by atoms with Crippen LogP contribution >= 0.6 is 0 Å². The third kappa shape index (κ3) is 2.45. The lowest BCUT2D eigenvalue weighted by Gasteiger charge is -2.10. The molecule has 94 valence electrons. The molecule has 0 atom stereocenters. The second-order valence-corrected chi connectivity index (χ2v) is 4.69. The van der Waals surface area contributed by atoms with E-state index in [1.165, 1.54) is 21.9 Å². The first-order valence-electron chi connectivity index (χ1n) is 6.50. The summed E-state index contributed by atoms with van der Waals surface area (Å²) in [5.74, 6) is 0.946. The summed E-state index contributed by atoms with van der Waals surface area (Å²) < 4.78 is 5.99. The zero-order valence-electron chi connectivity index (χ0n) is 11.0. The Morgan fingerprint density at radius 1 is 0.789 bits per heavy atom. The fourth-order valence-corrected chi connectivity index (χ4v) is 2.25. The first-order chi connectivity index (χ1) is 9.34. The van der Waals surface area contributed by atoms with Crippen molar-refractivity contribution in [3.05, 3.63) is 77.9 Å². The SMILES string of the molecule is Cc1ccccc1COc1cccc2ccccc12. The van der Waals surface area contributed by atoms with Gasteiger partial charge in [0, 0.05) is 5.39 Å². The van der Waals surface area contributed by atoms with Gasteiger partial charge < -0.3 is 4.74 Å². The van der Waals surface area contributed by atoms with Crippen molar-refractivity contribution in [1.82, 2.24) is 0 Å². The Kier molecular flexibility index (Phi) is 3.20. The van der Waals surface area contributed by atoms with Crippen molar-refractivity contribution in [2.75, 3.05) is 0 Å². The van der Waals surface area contributed by atoms with Crippen molar-refractivity contribution < 1.29 is 4.74 Å². The van der Waals surface area contributed by atoms with Crippen LogP contribution in [0.4, 0.5) is 0 Å². The molecule has 0 N–H and O–H groups in total. The van der Waals surface area contributed by atoms with Crippen molar-refractivity contribution in [3.8, 4) is 5.75 Å². The molecule has 0 bridgehead atoms. The molecule has 0 aliphatic rings. The maximum absolute atomic E-state index is 5.99. The first-order valence-corrected chi connectivity index (χ1v) is 6.50. The molecule has 0 heterocycles. The largest absolute Gasteiger partial charge is 0.488 e. The number of hydrogen-bond donors (Lipinski definition) is 0. The molecule has 0 saturated heterocycles. The molecule has 1 heteroatoms. The first kappa shape index (κ1) is 11.8. The van der Waals surface area contributed by atoms with Gasteiger partial charge in [0.05, 0.1) is 0 Å². The Labute approximate surface area is 113 Å². The highest BCUT2D eigenvalue weighted by molar-refractivity contribution is 5.88. The van der Waals surface area contributed by atoms with Gasteiger partial charge >= 0.3 is 0 Å². The molecule has 1 nitrogen and oxygen atoms in total. The predicted molar refractivity (Wildman–Crippen MR) is 79.5 cm³/mol. The maximum Gasteiger partial charge on any atom is 0.127 e. The highest BCUT2D eigenvalue weighted by atomic mass is 16.5. The summed E-state index contributed by atoms with van der Waals surface area (Å²) in [6.07, 6.45) is 0. The number of rotatable bonds is 3. The monoisotopic (exact) mass is 248 g/mol. The molecule has 0 aliphatic carbocycles. The molecule has 19 heavy (non-hydrogen) atoms. The lowest BCUT2D eigenvalue weighted by atomic mass is 10.1. The van der Waals surface area contributed by atoms with Gasteiger partial charge in [0.15, 0.2) is 0 Å². The van der Waals surface area contributed by atoms with E-state index in [0.717, 1.165) is 5.75 Å². The minimum Gasteiger partial charge on any atom is -0.488 e. The lowest BCUT2D eigenvalue weighted by molar-refractivity contribution is 0.309. The molecule has 0 aliphatic heterocycles. The molecule has 0 spiro atoms. The fraction of sp³-hybridized carbons (Fsp3) is 0.111. The van der Waals surface area contributed by atoms with Gasteiger partial charge in [-0.15, -0.1) is 0 Å². The highest BCUT2D eigenvalue weighted by Gasteiger charge is 2.02. The predicted octanol–water partition coefficient (Wildman–Crippen LogP) is 4.73. The van der Waals surface area contributed by atoms with Crippen molar-refractivity contribution in [1.29, 1.82) is 0 Å². The fourth-order valence-electron chi connectivity index (χ4n) is 2.25. The molecule has 0 amide bonds. The van der Waals surface area contributed by atoms with Crippen molar-refractivity contribution in [2.45, 2.75) is 13.5 Å². The molecule has 0 radical (unpaired) electrons. The smallest absolute Gasteiger partial charge is 0.127 e. The van der Waals surface area contributed by atoms with Gasteiger partial charge in [0.25, 0.3) is 0 Å². The van der Waals surface area contributed by atoms with Gasteiger partial charge in [-0.25, -0.2) is 0 Å². The normalized spacial score (nSPS) is 10.6. The Hall–Kier alpha value is -2.28. The molecule has 0 fully saturated rings. The summed E-state index contributed by atoms with van der Waals surface area (Å²) in [6, 6.07) is 22.8. The molecule has 3 rings (SSSR count). The number of aryl methyl sites for hydroxylation is 1. The minimum absolute atomic E-state index is 0.612. The average Bonchev–Trinajstić information content (AvgIpc) is 2.46. The molecular weight excluding hydrogens is 232 g/mol. The van der Waals surface area contributed by atoms with E-state index in [9.17, 15) is 0 Å². The number of hydrogen-bond acceptors (Lipinski definition) is 1. The molecule has 3 aromatic rings. The van der Waals surface area contributed by atoms with Crippen LogP contribution in [-0.4, -0.2) is 0 Å². The number of benzene rings is 3. The van der Waals surface area contributed by atoms with E-state index < -0.39 is 0 Å². The quantitative estimate of drug-likeness (QED) is 0.651. The van der Waals surface area contributed by atoms with Crippen LogP contribution in [0.15, 0.2) is 66.7 Å². The van der Waals surface area contributed by atoms with Crippen LogP contribution in [0.1, 0.15) is 11.1 Å². The Bertz CT molecular complexity index is 695. The summed E-state index contributed by atoms with van der Waals surface area (Å²) in [7, 11) is 0. The summed E-state index contributed by atoms with van der Waals surface area (Å²) in [5, 5.41) is 2.38. The van der Waals surface area contributed by atoms with Gasteiger partial charge in [-0.05, 0) is 29.5 Å². The van der Waals surface area contributed by atoms with Crippen LogP contribution in [0.25, 0.3) is 10.8 Å². The summed E-state index contributed by atoms with van der Waals surface area (Å²) >= 11 is 0. The molecule has 0 aromatic heterocycles. The van der Waals surface area contributed by atoms with Crippen LogP contribution in [0.3, 0.4) is 0 Å². The summed E-state index contributed by atoms with van der Waals surface area (Å²) in [6.45, 7) is 2.72. The van der Waals surface area contributed by atoms with Gasteiger partial charge in [-0.1, -0.05) is 60.7 Å². The van der Waals surface area contributed by atoms with Crippen molar-refractivity contribution in [2.24, 2.45) is 0 Å². The van der Waals surface area contributed by atoms with E-state index in [-0.39, 0.29) is 0 Å². The molecular formula is C18H16O. The molecule has 3 aromatic carbocycles. The van der Waals surface area contributed by atoms with E-state index in [1.54, 1.807) is 0 Å². The number of ether oxygens (including phenoxy) is 1. The summed E-state index contributed by atoms with van der Waals surface area (Å²) in [5.41, 5.74) is 2.50. The van der Waals surface area contributed by atoms with E-state index in [0.29, 0.717) is 6.61 Å². The second-order valence-electron chi connectivity index (χ2n) is 4.69. The topological polar surface area (TPSA) is 9.23 Å². The van der Waals surface area contributed by atoms with Crippen LogP contribution < -0.4 is 4.74 Å². The van der Waals surface area contributed by atoms with Crippen molar-refractivity contribution in [3.63, 3.8) is 0 Å². The second kappa shape index (κ2) is 5.15. The zero-order valence-corrected chi connectivity index (χ0v) is 11.0. The standard InChI is InChI=1S/C18H16O/c1-14-7-2-3-9-16(14)13-19-18-12-6-10-15-8-4-5-11-17(15)18/h2-12H,13H2,1H3. The molecule has 0 saturated carbocycles. The Balaban J connectivity index is 1.88. The van der Waals surface area contributed by atoms with Gasteiger partial charge in [-0.3, -0.25) is 0 Å². The van der Waals surface area contributed by atoms with Gasteiger partial charge in [0.1, 0.15) is 12.4 Å². The highest BCUT2D eigenvalue weighted by Crippen LogP contribution is 2.26. The van der Waals surface area contributed by atoms with E-state index in [4.69, 9.17) is 4.74 Å². The van der Waals surface area contributed by atoms with Crippen molar-refractivity contribution >= 4 is 10.8 Å². The van der Waals surface area contributed by atoms with Crippen LogP contribution in [0.5, 0.6) is 5.75 Å². The third-order valence-corrected chi connectivity index (χ3v) is 3.39. The average molecular weight is 248 g/mol. The summed E-state index contributed by atoms with van der Waals surface area (Å²) in [4.78, 5) is 0. The van der Waals surface area contributed by atoms with E-state index in [2.05, 4.69) is 49.4 Å². The van der Waals surface area contributed by atoms with E-state index in [1.807, 2.05) is 24.3 Å². The van der Waals surface area contributed by atoms with Crippen LogP contribution in [0, 0.1) is 6.92 Å². The lowest BCUT2D eigenvalue weighted by Crippen LogP contribution is -1.97. The van der Waals surface area contributed by atoms with Gasteiger partial charge in [-0.2, -0.15) is 0 Å². The zero-order chi connectivity index (χ0) is 13.1. The van der Waals surface area contributed by atoms with E-state index >= 15 is 0 Å². The minimum atomic E-state index is 0.612. The third-order valence-electron chi connectivity index (χ3n) is 3.39.